The molecular weight excluding hydrogens is 356 g/mol. The molecule has 1 aromatic heterocycles. The van der Waals surface area contributed by atoms with Gasteiger partial charge in [0, 0.05) is 37.0 Å². The lowest BCUT2D eigenvalue weighted by molar-refractivity contribution is -0.116. The van der Waals surface area contributed by atoms with Gasteiger partial charge in [-0.05, 0) is 31.0 Å². The Morgan fingerprint density at radius 2 is 2.08 bits per heavy atom. The van der Waals surface area contributed by atoms with E-state index in [2.05, 4.69) is 10.3 Å². The number of nitrogens with one attached hydrogen (secondary N) is 1. The van der Waals surface area contributed by atoms with Crippen molar-refractivity contribution in [3.63, 3.8) is 0 Å². The zero-order chi connectivity index (χ0) is 18.5. The lowest BCUT2D eigenvalue weighted by Crippen LogP contribution is -2.34. The zero-order valence-electron chi connectivity index (χ0n) is 14.6. The number of carbonyl (C=O) groups excluding carboxylic acids is 1. The van der Waals surface area contributed by atoms with Gasteiger partial charge in [-0.1, -0.05) is 17.7 Å². The first-order chi connectivity index (χ1) is 12.6. The number of hydrogen-bond donors (Lipinski definition) is 1. The second-order valence-corrected chi connectivity index (χ2v) is 6.59. The molecular formula is C18H21ClN4O3. The molecule has 7 nitrogen and oxygen atoms in total. The Labute approximate surface area is 156 Å². The summed E-state index contributed by atoms with van der Waals surface area (Å²) < 4.78 is 6.50. The number of benzene rings is 1. The lowest BCUT2D eigenvalue weighted by Gasteiger charge is -2.21. The Morgan fingerprint density at radius 1 is 1.31 bits per heavy atom. The molecule has 0 atom stereocenters. The molecule has 1 saturated heterocycles. The fraction of sp³-hybridized carbons (Fsp3) is 0.389. The molecule has 1 aliphatic rings. The van der Waals surface area contributed by atoms with Crippen LogP contribution in [0.3, 0.4) is 0 Å². The Bertz CT molecular complexity index is 847. The second-order valence-electron chi connectivity index (χ2n) is 6.16. The Kier molecular flexibility index (Phi) is 5.90. The third-order valence-electron chi connectivity index (χ3n) is 4.13. The van der Waals surface area contributed by atoms with Crippen LogP contribution in [0, 0.1) is 0 Å². The maximum Gasteiger partial charge on any atom is 0.255 e. The predicted molar refractivity (Wildman–Crippen MR) is 101 cm³/mol. The zero-order valence-corrected chi connectivity index (χ0v) is 15.3. The Morgan fingerprint density at radius 3 is 2.77 bits per heavy atom. The molecule has 1 amide bonds. The van der Waals surface area contributed by atoms with Crippen LogP contribution in [0.1, 0.15) is 18.5 Å². The fourth-order valence-corrected chi connectivity index (χ4v) is 3.17. The lowest BCUT2D eigenvalue weighted by atomic mass is 10.3. The molecule has 0 bridgehead atoms. The number of amides is 1. The van der Waals surface area contributed by atoms with Crippen molar-refractivity contribution in [2.45, 2.75) is 26.0 Å². The van der Waals surface area contributed by atoms with E-state index >= 15 is 0 Å². The summed E-state index contributed by atoms with van der Waals surface area (Å²) in [4.78, 5) is 31.6. The van der Waals surface area contributed by atoms with Gasteiger partial charge in [-0.2, -0.15) is 0 Å². The van der Waals surface area contributed by atoms with Crippen LogP contribution in [0.4, 0.5) is 11.6 Å². The molecule has 8 heteroatoms. The summed E-state index contributed by atoms with van der Waals surface area (Å²) in [5.74, 6) is 0.208. The van der Waals surface area contributed by atoms with E-state index in [0.717, 1.165) is 25.9 Å². The number of rotatable bonds is 6. The smallest absolute Gasteiger partial charge is 0.255 e. The summed E-state index contributed by atoms with van der Waals surface area (Å²) >= 11 is 5.94. The first-order valence-corrected chi connectivity index (χ1v) is 8.84. The van der Waals surface area contributed by atoms with Gasteiger partial charge in [0.2, 0.25) is 11.9 Å². The van der Waals surface area contributed by atoms with Crippen LogP contribution in [0.15, 0.2) is 35.1 Å². The molecule has 26 heavy (non-hydrogen) atoms. The quantitative estimate of drug-likeness (QED) is 0.837. The van der Waals surface area contributed by atoms with Crippen LogP contribution in [-0.2, 0) is 22.7 Å². The van der Waals surface area contributed by atoms with Gasteiger partial charge in [0.25, 0.3) is 5.56 Å². The second kappa shape index (κ2) is 8.33. The molecule has 3 rings (SSSR count). The number of methoxy groups -OCH3 is 1. The standard InChI is InChI=1S/C18H21ClN4O3/c1-26-12-15-10-17(25)23(18(21-15)22-7-2-3-8-22)11-16(24)20-14-6-4-5-13(19)9-14/h4-6,9-10H,2-3,7-8,11-12H2,1H3,(H,20,24). The van der Waals surface area contributed by atoms with Crippen molar-refractivity contribution in [1.82, 2.24) is 9.55 Å². The number of carbonyl (C=O) groups is 1. The maximum atomic E-state index is 12.6. The average Bonchev–Trinajstić information content (AvgIpc) is 3.11. The number of ether oxygens (including phenoxy) is 1. The molecule has 0 saturated carbocycles. The van der Waals surface area contributed by atoms with Crippen molar-refractivity contribution in [1.29, 1.82) is 0 Å². The van der Waals surface area contributed by atoms with E-state index in [1.165, 1.54) is 10.6 Å². The van der Waals surface area contributed by atoms with Gasteiger partial charge in [-0.15, -0.1) is 0 Å². The molecule has 138 valence electrons. The first-order valence-electron chi connectivity index (χ1n) is 8.47. The topological polar surface area (TPSA) is 76.5 Å². The van der Waals surface area contributed by atoms with E-state index in [1.807, 2.05) is 4.90 Å². The minimum absolute atomic E-state index is 0.114. The summed E-state index contributed by atoms with van der Waals surface area (Å²) in [6, 6.07) is 8.29. The highest BCUT2D eigenvalue weighted by molar-refractivity contribution is 6.30. The van der Waals surface area contributed by atoms with Crippen molar-refractivity contribution in [2.24, 2.45) is 0 Å². The van der Waals surface area contributed by atoms with Crippen LogP contribution in [0.25, 0.3) is 0 Å². The third kappa shape index (κ3) is 4.42. The summed E-state index contributed by atoms with van der Waals surface area (Å²) in [5.41, 5.74) is 0.878. The van der Waals surface area contributed by atoms with E-state index in [1.54, 1.807) is 31.4 Å². The van der Waals surface area contributed by atoms with E-state index in [4.69, 9.17) is 16.3 Å². The normalized spacial score (nSPS) is 13.8. The maximum absolute atomic E-state index is 12.6. The highest BCUT2D eigenvalue weighted by Crippen LogP contribution is 2.18. The van der Waals surface area contributed by atoms with Crippen LogP contribution < -0.4 is 15.8 Å². The van der Waals surface area contributed by atoms with Crippen molar-refractivity contribution in [3.8, 4) is 0 Å². The van der Waals surface area contributed by atoms with Gasteiger partial charge in [0.15, 0.2) is 0 Å². The molecule has 0 aliphatic carbocycles. The number of nitrogens with zero attached hydrogens (tertiary/aromatic N) is 3. The SMILES string of the molecule is COCc1cc(=O)n(CC(=O)Nc2cccc(Cl)c2)c(N2CCCC2)n1. The number of anilines is 2. The van der Waals surface area contributed by atoms with Crippen molar-refractivity contribution >= 4 is 29.1 Å². The van der Waals surface area contributed by atoms with Gasteiger partial charge in [-0.25, -0.2) is 4.98 Å². The average molecular weight is 377 g/mol. The number of hydrogen-bond acceptors (Lipinski definition) is 5. The summed E-state index contributed by atoms with van der Waals surface area (Å²) in [7, 11) is 1.56. The van der Waals surface area contributed by atoms with E-state index < -0.39 is 0 Å². The Balaban J connectivity index is 1.85. The van der Waals surface area contributed by atoms with Crippen molar-refractivity contribution < 1.29 is 9.53 Å². The molecule has 0 unspecified atom stereocenters. The molecule has 2 heterocycles. The molecule has 0 spiro atoms. The summed E-state index contributed by atoms with van der Waals surface area (Å²) in [6.45, 7) is 1.78. The third-order valence-corrected chi connectivity index (χ3v) is 4.37. The summed E-state index contributed by atoms with van der Waals surface area (Å²) in [5, 5.41) is 3.29. The van der Waals surface area contributed by atoms with Crippen molar-refractivity contribution in [3.05, 3.63) is 51.4 Å². The number of halogens is 1. The largest absolute Gasteiger partial charge is 0.378 e. The van der Waals surface area contributed by atoms with E-state index in [-0.39, 0.29) is 24.6 Å². The fourth-order valence-electron chi connectivity index (χ4n) is 2.98. The first kappa shape index (κ1) is 18.4. The molecule has 1 aromatic carbocycles. The summed E-state index contributed by atoms with van der Waals surface area (Å²) in [6.07, 6.45) is 2.08. The van der Waals surface area contributed by atoms with Gasteiger partial charge in [0.1, 0.15) is 6.54 Å². The van der Waals surface area contributed by atoms with Crippen LogP contribution >= 0.6 is 11.6 Å². The van der Waals surface area contributed by atoms with E-state index in [9.17, 15) is 9.59 Å². The van der Waals surface area contributed by atoms with Gasteiger partial charge in [0.05, 0.1) is 12.3 Å². The monoisotopic (exact) mass is 376 g/mol. The van der Waals surface area contributed by atoms with Crippen molar-refractivity contribution in [2.75, 3.05) is 30.4 Å². The molecule has 1 fully saturated rings. The van der Waals surface area contributed by atoms with E-state index in [0.29, 0.717) is 22.4 Å². The van der Waals surface area contributed by atoms with Gasteiger partial charge < -0.3 is 15.0 Å². The van der Waals surface area contributed by atoms with Crippen LogP contribution in [0.2, 0.25) is 5.02 Å². The highest BCUT2D eigenvalue weighted by atomic mass is 35.5. The van der Waals surface area contributed by atoms with Gasteiger partial charge >= 0.3 is 0 Å². The Hall–Kier alpha value is -2.38. The molecule has 1 aliphatic heterocycles. The molecule has 1 N–H and O–H groups in total. The van der Waals surface area contributed by atoms with Gasteiger partial charge in [-0.3, -0.25) is 14.2 Å². The molecule has 2 aromatic rings. The number of aromatic nitrogens is 2. The van der Waals surface area contributed by atoms with Crippen LogP contribution in [0.5, 0.6) is 0 Å². The van der Waals surface area contributed by atoms with Crippen LogP contribution in [-0.4, -0.2) is 35.7 Å². The molecule has 0 radical (unpaired) electrons. The predicted octanol–water partition coefficient (Wildman–Crippen LogP) is 2.28. The highest BCUT2D eigenvalue weighted by Gasteiger charge is 2.20. The minimum Gasteiger partial charge on any atom is -0.378 e. The minimum atomic E-state index is -0.309.